The molecule has 4 aromatic rings. The Kier molecular flexibility index (Phi) is 6.09. The highest BCUT2D eigenvalue weighted by Crippen LogP contribution is 2.31. The van der Waals surface area contributed by atoms with E-state index in [4.69, 9.17) is 0 Å². The van der Waals surface area contributed by atoms with Gasteiger partial charge in [0.2, 0.25) is 5.95 Å². The molecule has 1 aromatic carbocycles. The van der Waals surface area contributed by atoms with Crippen molar-refractivity contribution in [3.8, 4) is 0 Å². The summed E-state index contributed by atoms with van der Waals surface area (Å²) in [6, 6.07) is 9.02. The average molecular weight is 489 g/mol. The number of likely N-dealkylation sites (tertiary alicyclic amines) is 1. The number of rotatable bonds is 5. The molecule has 2 N–H and O–H groups in total. The number of carboxylic acid groups (broad SMARTS) is 1. The number of pyridine rings is 1. The van der Waals surface area contributed by atoms with Gasteiger partial charge in [0.05, 0.1) is 6.20 Å². The van der Waals surface area contributed by atoms with Crippen molar-refractivity contribution < 1.29 is 19.1 Å². The third-order valence-corrected chi connectivity index (χ3v) is 6.64. The fourth-order valence-electron chi connectivity index (χ4n) is 4.57. The van der Waals surface area contributed by atoms with Crippen molar-refractivity contribution >= 4 is 29.0 Å². The van der Waals surface area contributed by atoms with Crippen LogP contribution in [0.4, 0.5) is 15.9 Å². The van der Waals surface area contributed by atoms with Crippen molar-refractivity contribution in [3.05, 3.63) is 82.7 Å². The molecule has 36 heavy (non-hydrogen) atoms. The number of amides is 1. The van der Waals surface area contributed by atoms with Crippen molar-refractivity contribution in [3.63, 3.8) is 0 Å². The van der Waals surface area contributed by atoms with E-state index in [-0.39, 0.29) is 23.0 Å². The Morgan fingerprint density at radius 1 is 1.03 bits per heavy atom. The smallest absolute Gasteiger partial charge is 0.341 e. The Morgan fingerprint density at radius 2 is 1.81 bits per heavy atom. The Bertz CT molecular complexity index is 1460. The largest absolute Gasteiger partial charge is 0.477 e. The fraction of sp³-hybridized carbons (Fsp3) is 0.269. The van der Waals surface area contributed by atoms with E-state index in [1.807, 2.05) is 32.0 Å². The van der Waals surface area contributed by atoms with Gasteiger partial charge in [0.1, 0.15) is 16.9 Å². The number of nitrogens with zero attached hydrogens (tertiary/aromatic N) is 5. The van der Waals surface area contributed by atoms with Gasteiger partial charge >= 0.3 is 5.97 Å². The summed E-state index contributed by atoms with van der Waals surface area (Å²) in [7, 11) is 0. The van der Waals surface area contributed by atoms with Crippen LogP contribution in [0.1, 0.15) is 56.2 Å². The van der Waals surface area contributed by atoms with Gasteiger partial charge in [-0.25, -0.2) is 14.8 Å². The number of halogens is 1. The van der Waals surface area contributed by atoms with Gasteiger partial charge in [-0.3, -0.25) is 4.79 Å². The summed E-state index contributed by atoms with van der Waals surface area (Å²) in [6.07, 6.45) is 5.64. The lowest BCUT2D eigenvalue weighted by Gasteiger charge is -2.32. The number of benzene rings is 1. The lowest BCUT2D eigenvalue weighted by molar-refractivity contribution is 0.0695. The van der Waals surface area contributed by atoms with E-state index in [1.54, 1.807) is 17.2 Å². The van der Waals surface area contributed by atoms with E-state index < -0.39 is 11.9 Å². The van der Waals surface area contributed by atoms with Gasteiger partial charge in [-0.2, -0.15) is 14.0 Å². The topological polar surface area (TPSA) is 113 Å². The van der Waals surface area contributed by atoms with E-state index in [0.29, 0.717) is 24.5 Å². The number of fused-ring (bicyclic) bond motifs is 1. The van der Waals surface area contributed by atoms with Gasteiger partial charge in [-0.15, -0.1) is 0 Å². The first kappa shape index (κ1) is 23.4. The summed E-state index contributed by atoms with van der Waals surface area (Å²) in [5.41, 5.74) is 4.13. The maximum atomic E-state index is 13.7. The number of carboxylic acids is 1. The van der Waals surface area contributed by atoms with Gasteiger partial charge in [0.25, 0.3) is 5.91 Å². The molecule has 1 amide bonds. The summed E-state index contributed by atoms with van der Waals surface area (Å²) in [5.74, 6) is -1.33. The molecule has 0 spiro atoms. The van der Waals surface area contributed by atoms with E-state index in [9.17, 15) is 19.1 Å². The molecule has 0 radical (unpaired) electrons. The maximum absolute atomic E-state index is 13.7. The molecule has 5 rings (SSSR count). The second kappa shape index (κ2) is 9.37. The number of aromatic carboxylic acids is 1. The normalized spacial score (nSPS) is 14.2. The zero-order valence-corrected chi connectivity index (χ0v) is 19.9. The maximum Gasteiger partial charge on any atom is 0.341 e. The molecule has 0 aliphatic carbocycles. The van der Waals surface area contributed by atoms with E-state index in [0.717, 1.165) is 35.2 Å². The molecule has 3 aromatic heterocycles. The molecule has 1 aliphatic heterocycles. The molecule has 4 heterocycles. The molecule has 0 saturated carbocycles. The van der Waals surface area contributed by atoms with E-state index >= 15 is 0 Å². The molecule has 1 saturated heterocycles. The molecular weight excluding hydrogens is 463 g/mol. The summed E-state index contributed by atoms with van der Waals surface area (Å²) >= 11 is 0. The quantitative estimate of drug-likeness (QED) is 0.402. The predicted octanol–water partition coefficient (Wildman–Crippen LogP) is 4.34. The van der Waals surface area contributed by atoms with Crippen LogP contribution in [0, 0.1) is 19.8 Å². The first-order chi connectivity index (χ1) is 17.3. The van der Waals surface area contributed by atoms with Crippen molar-refractivity contribution in [2.75, 3.05) is 18.4 Å². The van der Waals surface area contributed by atoms with Crippen LogP contribution in [-0.4, -0.2) is 54.6 Å². The number of aryl methyl sites for hydroxylation is 2. The van der Waals surface area contributed by atoms with Crippen molar-refractivity contribution in [1.82, 2.24) is 24.5 Å². The lowest BCUT2D eigenvalue weighted by atomic mass is 9.90. The number of hydrogen-bond acceptors (Lipinski definition) is 6. The third-order valence-electron chi connectivity index (χ3n) is 6.64. The Labute approximate surface area is 206 Å². The summed E-state index contributed by atoms with van der Waals surface area (Å²) in [5, 5.41) is 17.1. The van der Waals surface area contributed by atoms with Crippen LogP contribution in [0.15, 0.2) is 48.9 Å². The molecule has 1 fully saturated rings. The van der Waals surface area contributed by atoms with Crippen LogP contribution in [0.5, 0.6) is 0 Å². The highest BCUT2D eigenvalue weighted by Gasteiger charge is 2.28. The van der Waals surface area contributed by atoms with Gasteiger partial charge in [0.15, 0.2) is 5.65 Å². The summed E-state index contributed by atoms with van der Waals surface area (Å²) < 4.78 is 14.6. The second-order valence-electron chi connectivity index (χ2n) is 9.04. The third kappa shape index (κ3) is 4.37. The van der Waals surface area contributed by atoms with Crippen molar-refractivity contribution in [1.29, 1.82) is 0 Å². The summed E-state index contributed by atoms with van der Waals surface area (Å²) in [4.78, 5) is 35.1. The van der Waals surface area contributed by atoms with E-state index in [2.05, 4.69) is 20.4 Å². The standard InChI is InChI=1S/C26H25FN6O3/c1-15-3-4-16(2)21(11-15)31-24-19(13-29-23-20(26(35)36)14-30-33(23)24)25(34)32-9-7-17(8-10-32)18-5-6-22(27)28-12-18/h3-6,11-14,17,31H,7-10H2,1-2H3,(H,35,36). The van der Waals surface area contributed by atoms with Crippen LogP contribution in [0.3, 0.4) is 0 Å². The van der Waals surface area contributed by atoms with Crippen LogP contribution in [0.2, 0.25) is 0 Å². The van der Waals surface area contributed by atoms with Crippen molar-refractivity contribution in [2.24, 2.45) is 0 Å². The molecule has 9 nitrogen and oxygen atoms in total. The van der Waals surface area contributed by atoms with E-state index in [1.165, 1.54) is 23.0 Å². The predicted molar refractivity (Wildman–Crippen MR) is 131 cm³/mol. The van der Waals surface area contributed by atoms with Crippen LogP contribution < -0.4 is 5.32 Å². The van der Waals surface area contributed by atoms with Gasteiger partial charge in [0, 0.05) is 31.2 Å². The highest BCUT2D eigenvalue weighted by atomic mass is 19.1. The van der Waals surface area contributed by atoms with Gasteiger partial charge in [-0.05, 0) is 61.4 Å². The van der Waals surface area contributed by atoms with Crippen LogP contribution in [-0.2, 0) is 0 Å². The van der Waals surface area contributed by atoms with Gasteiger partial charge in [-0.1, -0.05) is 18.2 Å². The van der Waals surface area contributed by atoms with Gasteiger partial charge < -0.3 is 15.3 Å². The SMILES string of the molecule is Cc1ccc(C)c(Nc2c(C(=O)N3CCC(c4ccc(F)nc4)CC3)cnc3c(C(=O)O)cnn23)c1. The molecule has 1 aliphatic rings. The second-order valence-corrected chi connectivity index (χ2v) is 9.04. The minimum absolute atomic E-state index is 0.0493. The number of carbonyl (C=O) groups is 2. The first-order valence-corrected chi connectivity index (χ1v) is 11.7. The number of piperidine rings is 1. The zero-order valence-electron chi connectivity index (χ0n) is 19.9. The Hall–Kier alpha value is -4.34. The number of hydrogen-bond donors (Lipinski definition) is 2. The highest BCUT2D eigenvalue weighted by molar-refractivity contribution is 6.01. The molecule has 0 atom stereocenters. The first-order valence-electron chi connectivity index (χ1n) is 11.7. The molecular formula is C26H25FN6O3. The number of nitrogens with one attached hydrogen (secondary N) is 1. The molecule has 184 valence electrons. The minimum atomic E-state index is -1.15. The Balaban J connectivity index is 1.47. The van der Waals surface area contributed by atoms with Crippen LogP contribution >= 0.6 is 0 Å². The lowest BCUT2D eigenvalue weighted by Crippen LogP contribution is -2.38. The number of carbonyl (C=O) groups excluding carboxylic acids is 1. The molecule has 0 unspecified atom stereocenters. The van der Waals surface area contributed by atoms with Crippen molar-refractivity contribution in [2.45, 2.75) is 32.6 Å². The summed E-state index contributed by atoms with van der Waals surface area (Å²) in [6.45, 7) is 4.95. The van der Waals surface area contributed by atoms with Crippen LogP contribution in [0.25, 0.3) is 5.65 Å². The number of aromatic nitrogens is 4. The number of anilines is 2. The Morgan fingerprint density at radius 3 is 2.50 bits per heavy atom. The monoisotopic (exact) mass is 488 g/mol. The zero-order chi connectivity index (χ0) is 25.4. The average Bonchev–Trinajstić information content (AvgIpc) is 3.32. The molecule has 10 heteroatoms. The minimum Gasteiger partial charge on any atom is -0.477 e. The fourth-order valence-corrected chi connectivity index (χ4v) is 4.57. The molecule has 0 bridgehead atoms.